The standard InChI is InChI=1S/C21H32O4S2/c1-2-3-4-5-6-7-10-17-11-8-9-12-18(17)21(26-15-13-19(22)23)27-16-14-20(24)25/h8-9,11-12,21H,2-7,10,13-16H2,1H3,(H,22,23)(H,24,25). The van der Waals surface area contributed by atoms with Crippen LogP contribution >= 0.6 is 23.5 Å². The molecule has 0 heterocycles. The molecule has 0 spiro atoms. The van der Waals surface area contributed by atoms with Crippen molar-refractivity contribution in [3.63, 3.8) is 0 Å². The minimum absolute atomic E-state index is 0.0833. The van der Waals surface area contributed by atoms with Crippen LogP contribution in [0.1, 0.15) is 74.0 Å². The van der Waals surface area contributed by atoms with Gasteiger partial charge in [0, 0.05) is 11.5 Å². The van der Waals surface area contributed by atoms with Gasteiger partial charge in [-0.05, 0) is 24.0 Å². The van der Waals surface area contributed by atoms with Gasteiger partial charge in [-0.25, -0.2) is 0 Å². The summed E-state index contributed by atoms with van der Waals surface area (Å²) in [6.07, 6.45) is 8.81. The fourth-order valence-corrected chi connectivity index (χ4v) is 5.62. The second-order valence-corrected chi connectivity index (χ2v) is 9.30. The molecule has 0 unspecified atom stereocenters. The number of benzene rings is 1. The van der Waals surface area contributed by atoms with Crippen molar-refractivity contribution in [1.29, 1.82) is 0 Å². The predicted molar refractivity (Wildman–Crippen MR) is 116 cm³/mol. The van der Waals surface area contributed by atoms with Gasteiger partial charge < -0.3 is 10.2 Å². The lowest BCUT2D eigenvalue weighted by Crippen LogP contribution is -2.03. The van der Waals surface area contributed by atoms with Crippen molar-refractivity contribution in [2.75, 3.05) is 11.5 Å². The number of aliphatic carboxylic acids is 2. The van der Waals surface area contributed by atoms with Gasteiger partial charge in [-0.2, -0.15) is 0 Å². The van der Waals surface area contributed by atoms with Crippen LogP contribution in [0.3, 0.4) is 0 Å². The summed E-state index contributed by atoms with van der Waals surface area (Å²) >= 11 is 3.22. The highest BCUT2D eigenvalue weighted by Crippen LogP contribution is 2.41. The number of carboxylic acid groups (broad SMARTS) is 2. The zero-order chi connectivity index (χ0) is 19.9. The van der Waals surface area contributed by atoms with Gasteiger partial charge in [0.1, 0.15) is 0 Å². The largest absolute Gasteiger partial charge is 0.481 e. The Morgan fingerprint density at radius 1 is 0.889 bits per heavy atom. The van der Waals surface area contributed by atoms with Gasteiger partial charge in [0.15, 0.2) is 0 Å². The maximum absolute atomic E-state index is 10.8. The van der Waals surface area contributed by atoms with E-state index in [1.807, 2.05) is 6.07 Å². The molecule has 0 aliphatic rings. The van der Waals surface area contributed by atoms with Crippen LogP contribution in [-0.4, -0.2) is 33.7 Å². The molecular formula is C21H32O4S2. The molecule has 0 radical (unpaired) electrons. The smallest absolute Gasteiger partial charge is 0.304 e. The van der Waals surface area contributed by atoms with Crippen LogP contribution in [0.15, 0.2) is 24.3 Å². The van der Waals surface area contributed by atoms with Gasteiger partial charge in [0.25, 0.3) is 0 Å². The van der Waals surface area contributed by atoms with Crippen molar-refractivity contribution in [2.45, 2.75) is 69.3 Å². The summed E-state index contributed by atoms with van der Waals surface area (Å²) in [4.78, 5) is 21.7. The predicted octanol–water partition coefficient (Wildman–Crippen LogP) is 6.00. The molecule has 0 aromatic heterocycles. The number of unbranched alkanes of at least 4 members (excludes halogenated alkanes) is 5. The van der Waals surface area contributed by atoms with Crippen LogP contribution in [0.4, 0.5) is 0 Å². The molecule has 27 heavy (non-hydrogen) atoms. The Kier molecular flexibility index (Phi) is 13.2. The number of aryl methyl sites for hydroxylation is 1. The van der Waals surface area contributed by atoms with Crippen LogP contribution in [0, 0.1) is 0 Å². The molecule has 6 heteroatoms. The first kappa shape index (κ1) is 23.9. The third-order valence-corrected chi connectivity index (χ3v) is 7.09. The summed E-state index contributed by atoms with van der Waals surface area (Å²) in [6.45, 7) is 2.22. The molecule has 0 fully saturated rings. The number of thioether (sulfide) groups is 2. The molecule has 0 amide bonds. The number of carboxylic acids is 2. The Balaban J connectivity index is 2.67. The van der Waals surface area contributed by atoms with E-state index in [9.17, 15) is 9.59 Å². The van der Waals surface area contributed by atoms with E-state index < -0.39 is 11.9 Å². The lowest BCUT2D eigenvalue weighted by Gasteiger charge is -2.20. The highest BCUT2D eigenvalue weighted by atomic mass is 32.2. The molecule has 0 aliphatic heterocycles. The number of hydrogen-bond acceptors (Lipinski definition) is 4. The minimum Gasteiger partial charge on any atom is -0.481 e. The maximum atomic E-state index is 10.8. The minimum atomic E-state index is -0.794. The van der Waals surface area contributed by atoms with Crippen LogP contribution in [-0.2, 0) is 16.0 Å². The van der Waals surface area contributed by atoms with Gasteiger partial charge in [-0.1, -0.05) is 63.3 Å². The van der Waals surface area contributed by atoms with E-state index in [-0.39, 0.29) is 17.4 Å². The van der Waals surface area contributed by atoms with E-state index in [2.05, 4.69) is 25.1 Å². The molecule has 0 aliphatic carbocycles. The Morgan fingerprint density at radius 2 is 1.44 bits per heavy atom. The molecule has 0 atom stereocenters. The van der Waals surface area contributed by atoms with E-state index in [0.717, 1.165) is 12.8 Å². The molecular weight excluding hydrogens is 380 g/mol. The van der Waals surface area contributed by atoms with Gasteiger partial charge >= 0.3 is 11.9 Å². The lowest BCUT2D eigenvalue weighted by molar-refractivity contribution is -0.137. The zero-order valence-corrected chi connectivity index (χ0v) is 17.8. The first-order chi connectivity index (χ1) is 13.0. The molecule has 0 bridgehead atoms. The van der Waals surface area contributed by atoms with Crippen LogP contribution < -0.4 is 0 Å². The van der Waals surface area contributed by atoms with E-state index in [1.165, 1.54) is 43.2 Å². The molecule has 1 rings (SSSR count). The van der Waals surface area contributed by atoms with Gasteiger partial charge in [0.05, 0.1) is 17.4 Å². The molecule has 4 nitrogen and oxygen atoms in total. The molecule has 0 saturated heterocycles. The SMILES string of the molecule is CCCCCCCCc1ccccc1C(SCCC(=O)O)SCCC(=O)O. The van der Waals surface area contributed by atoms with Crippen molar-refractivity contribution in [1.82, 2.24) is 0 Å². The van der Waals surface area contributed by atoms with E-state index >= 15 is 0 Å². The Bertz CT molecular complexity index is 543. The molecule has 1 aromatic rings. The summed E-state index contributed by atoms with van der Waals surface area (Å²) in [7, 11) is 0. The van der Waals surface area contributed by atoms with Crippen LogP contribution in [0.2, 0.25) is 0 Å². The van der Waals surface area contributed by atoms with E-state index in [0.29, 0.717) is 11.5 Å². The Morgan fingerprint density at radius 3 is 2.04 bits per heavy atom. The Labute approximate surface area is 171 Å². The summed E-state index contributed by atoms with van der Waals surface area (Å²) in [5, 5.41) is 17.8. The highest BCUT2D eigenvalue weighted by molar-refractivity contribution is 8.16. The quantitative estimate of drug-likeness (QED) is 0.256. The van der Waals surface area contributed by atoms with E-state index in [4.69, 9.17) is 10.2 Å². The third-order valence-electron chi connectivity index (χ3n) is 4.28. The molecule has 152 valence electrons. The van der Waals surface area contributed by atoms with Crippen LogP contribution in [0.5, 0.6) is 0 Å². The van der Waals surface area contributed by atoms with Crippen LogP contribution in [0.25, 0.3) is 0 Å². The topological polar surface area (TPSA) is 74.6 Å². The van der Waals surface area contributed by atoms with Crippen molar-refractivity contribution in [2.24, 2.45) is 0 Å². The summed E-state index contributed by atoms with van der Waals surface area (Å²) < 4.78 is 0.0833. The zero-order valence-electron chi connectivity index (χ0n) is 16.2. The molecule has 0 saturated carbocycles. The first-order valence-corrected chi connectivity index (χ1v) is 11.9. The normalized spacial score (nSPS) is 11.0. The monoisotopic (exact) mass is 412 g/mol. The average molecular weight is 413 g/mol. The lowest BCUT2D eigenvalue weighted by atomic mass is 10.0. The first-order valence-electron chi connectivity index (χ1n) is 9.79. The van der Waals surface area contributed by atoms with Crippen molar-refractivity contribution in [3.8, 4) is 0 Å². The second-order valence-electron chi connectivity index (χ2n) is 6.58. The van der Waals surface area contributed by atoms with E-state index in [1.54, 1.807) is 23.5 Å². The fourth-order valence-electron chi connectivity index (χ4n) is 2.82. The van der Waals surface area contributed by atoms with Gasteiger partial charge in [-0.15, -0.1) is 23.5 Å². The summed E-state index contributed by atoms with van der Waals surface area (Å²) in [5.41, 5.74) is 2.53. The third kappa shape index (κ3) is 11.3. The van der Waals surface area contributed by atoms with Crippen molar-refractivity contribution in [3.05, 3.63) is 35.4 Å². The fraction of sp³-hybridized carbons (Fsp3) is 0.619. The maximum Gasteiger partial charge on any atom is 0.304 e. The molecule has 2 N–H and O–H groups in total. The Hall–Kier alpha value is -1.14. The summed E-state index contributed by atoms with van der Waals surface area (Å²) in [6, 6.07) is 8.34. The van der Waals surface area contributed by atoms with Gasteiger partial charge in [0.2, 0.25) is 0 Å². The highest BCUT2D eigenvalue weighted by Gasteiger charge is 2.17. The van der Waals surface area contributed by atoms with Crippen molar-refractivity contribution < 1.29 is 19.8 Å². The van der Waals surface area contributed by atoms with Gasteiger partial charge in [-0.3, -0.25) is 9.59 Å². The number of hydrogen-bond donors (Lipinski definition) is 2. The molecule has 1 aromatic carbocycles. The second kappa shape index (κ2) is 14.9. The average Bonchev–Trinajstić information content (AvgIpc) is 2.63. The van der Waals surface area contributed by atoms with Crippen molar-refractivity contribution >= 4 is 35.5 Å². The number of carbonyl (C=O) groups is 2. The number of rotatable bonds is 16. The summed E-state index contributed by atoms with van der Waals surface area (Å²) in [5.74, 6) is -0.522.